The number of pyridine rings is 1. The highest BCUT2D eigenvalue weighted by Gasteiger charge is 2.16. The zero-order valence-electron chi connectivity index (χ0n) is 10.7. The van der Waals surface area contributed by atoms with Crippen LogP contribution >= 0.6 is 0 Å². The zero-order valence-corrected chi connectivity index (χ0v) is 10.7. The van der Waals surface area contributed by atoms with Crippen LogP contribution in [-0.4, -0.2) is 32.3 Å². The van der Waals surface area contributed by atoms with E-state index < -0.39 is 0 Å². The van der Waals surface area contributed by atoms with E-state index in [2.05, 4.69) is 15.3 Å². The van der Waals surface area contributed by atoms with Crippen molar-refractivity contribution in [1.29, 1.82) is 0 Å². The van der Waals surface area contributed by atoms with Gasteiger partial charge in [-0.2, -0.15) is 0 Å². The standard InChI is InChI=1S/C14H13N5O/c15-5-6-19-9-13(17-18-19)14(20)12-8-16-7-10-3-1-2-4-11(10)12/h1-4,7-9H,5-6,15H2. The van der Waals surface area contributed by atoms with Gasteiger partial charge in [-0.3, -0.25) is 14.5 Å². The molecule has 6 heteroatoms. The lowest BCUT2D eigenvalue weighted by atomic mass is 10.0. The number of rotatable bonds is 4. The van der Waals surface area contributed by atoms with E-state index in [0.29, 0.717) is 24.3 Å². The minimum absolute atomic E-state index is 0.183. The first-order valence-corrected chi connectivity index (χ1v) is 6.27. The second-order valence-electron chi connectivity index (χ2n) is 4.39. The maximum atomic E-state index is 12.5. The van der Waals surface area contributed by atoms with E-state index in [1.807, 2.05) is 24.3 Å². The lowest BCUT2D eigenvalue weighted by Crippen LogP contribution is -2.10. The second kappa shape index (κ2) is 5.18. The van der Waals surface area contributed by atoms with Crippen molar-refractivity contribution >= 4 is 16.6 Å². The molecule has 6 nitrogen and oxygen atoms in total. The van der Waals surface area contributed by atoms with Gasteiger partial charge in [0, 0.05) is 24.3 Å². The molecule has 0 bridgehead atoms. The summed E-state index contributed by atoms with van der Waals surface area (Å²) in [7, 11) is 0. The molecule has 0 amide bonds. The molecule has 0 atom stereocenters. The first-order valence-electron chi connectivity index (χ1n) is 6.27. The van der Waals surface area contributed by atoms with Crippen LogP contribution in [0.5, 0.6) is 0 Å². The summed E-state index contributed by atoms with van der Waals surface area (Å²) in [5, 5.41) is 9.56. The third kappa shape index (κ3) is 2.17. The van der Waals surface area contributed by atoms with Crippen molar-refractivity contribution in [2.45, 2.75) is 6.54 Å². The SMILES string of the molecule is NCCn1cc(C(=O)c2cncc3ccccc23)nn1. The van der Waals surface area contributed by atoms with Crippen LogP contribution in [-0.2, 0) is 6.54 Å². The van der Waals surface area contributed by atoms with Gasteiger partial charge in [-0.1, -0.05) is 29.5 Å². The van der Waals surface area contributed by atoms with Crippen molar-refractivity contribution in [3.8, 4) is 0 Å². The summed E-state index contributed by atoms with van der Waals surface area (Å²) < 4.78 is 1.56. The van der Waals surface area contributed by atoms with Crippen LogP contribution in [0.2, 0.25) is 0 Å². The number of ketones is 1. The van der Waals surface area contributed by atoms with Crippen LogP contribution in [0, 0.1) is 0 Å². The number of aromatic nitrogens is 4. The molecule has 2 aromatic heterocycles. The normalized spacial score (nSPS) is 10.8. The largest absolute Gasteiger partial charge is 0.329 e. The maximum Gasteiger partial charge on any atom is 0.217 e. The molecular formula is C14H13N5O. The second-order valence-corrected chi connectivity index (χ2v) is 4.39. The minimum atomic E-state index is -0.183. The summed E-state index contributed by atoms with van der Waals surface area (Å²) in [5.74, 6) is -0.183. The molecule has 0 saturated heterocycles. The lowest BCUT2D eigenvalue weighted by molar-refractivity contribution is 0.103. The molecule has 0 aliphatic carbocycles. The molecule has 0 unspecified atom stereocenters. The van der Waals surface area contributed by atoms with Gasteiger partial charge >= 0.3 is 0 Å². The smallest absolute Gasteiger partial charge is 0.217 e. The number of hydrogen-bond donors (Lipinski definition) is 1. The van der Waals surface area contributed by atoms with Gasteiger partial charge in [0.05, 0.1) is 18.3 Å². The molecule has 2 N–H and O–H groups in total. The van der Waals surface area contributed by atoms with Gasteiger partial charge in [0.1, 0.15) is 0 Å². The molecule has 0 aliphatic heterocycles. The number of benzene rings is 1. The van der Waals surface area contributed by atoms with Gasteiger partial charge < -0.3 is 5.73 Å². The first-order chi connectivity index (χ1) is 9.79. The Morgan fingerprint density at radius 1 is 1.25 bits per heavy atom. The van der Waals surface area contributed by atoms with Gasteiger partial charge in [-0.05, 0) is 5.39 Å². The summed E-state index contributed by atoms with van der Waals surface area (Å²) in [6.45, 7) is 0.987. The van der Waals surface area contributed by atoms with Gasteiger partial charge in [0.25, 0.3) is 0 Å². The molecule has 100 valence electrons. The molecule has 0 spiro atoms. The zero-order chi connectivity index (χ0) is 13.9. The van der Waals surface area contributed by atoms with E-state index in [1.165, 1.54) is 0 Å². The van der Waals surface area contributed by atoms with Crippen molar-refractivity contribution < 1.29 is 4.79 Å². The number of nitrogens with zero attached hydrogens (tertiary/aromatic N) is 4. The molecule has 2 heterocycles. The van der Waals surface area contributed by atoms with Crippen LogP contribution in [0.4, 0.5) is 0 Å². The maximum absolute atomic E-state index is 12.5. The highest BCUT2D eigenvalue weighted by atomic mass is 16.1. The monoisotopic (exact) mass is 267 g/mol. The quantitative estimate of drug-likeness (QED) is 0.713. The molecular weight excluding hydrogens is 254 g/mol. The Labute approximate surface area is 115 Å². The Hall–Kier alpha value is -2.60. The first kappa shape index (κ1) is 12.4. The van der Waals surface area contributed by atoms with E-state index in [0.717, 1.165) is 10.8 Å². The van der Waals surface area contributed by atoms with Crippen molar-refractivity contribution in [3.05, 3.63) is 54.1 Å². The van der Waals surface area contributed by atoms with Crippen LogP contribution < -0.4 is 5.73 Å². The number of fused-ring (bicyclic) bond motifs is 1. The van der Waals surface area contributed by atoms with Gasteiger partial charge in [0.15, 0.2) is 5.69 Å². The molecule has 3 aromatic rings. The predicted octanol–water partition coefficient (Wildman–Crippen LogP) is 1.02. The fourth-order valence-electron chi connectivity index (χ4n) is 2.08. The Morgan fingerprint density at radius 3 is 2.95 bits per heavy atom. The third-order valence-corrected chi connectivity index (χ3v) is 3.04. The van der Waals surface area contributed by atoms with E-state index in [-0.39, 0.29) is 5.78 Å². The fourth-order valence-corrected chi connectivity index (χ4v) is 2.08. The molecule has 1 aromatic carbocycles. The van der Waals surface area contributed by atoms with Gasteiger partial charge in [-0.15, -0.1) is 5.10 Å². The van der Waals surface area contributed by atoms with Gasteiger partial charge in [0.2, 0.25) is 5.78 Å². The number of nitrogens with two attached hydrogens (primary N) is 1. The highest BCUT2D eigenvalue weighted by molar-refractivity contribution is 6.15. The molecule has 20 heavy (non-hydrogen) atoms. The molecule has 0 aliphatic rings. The highest BCUT2D eigenvalue weighted by Crippen LogP contribution is 2.19. The fraction of sp³-hybridized carbons (Fsp3) is 0.143. The molecule has 0 fully saturated rings. The number of carbonyl (C=O) groups is 1. The molecule has 0 saturated carbocycles. The van der Waals surface area contributed by atoms with E-state index in [1.54, 1.807) is 23.3 Å². The Balaban J connectivity index is 2.03. The van der Waals surface area contributed by atoms with Crippen LogP contribution in [0.1, 0.15) is 16.1 Å². The summed E-state index contributed by atoms with van der Waals surface area (Å²) in [6.07, 6.45) is 4.90. The summed E-state index contributed by atoms with van der Waals surface area (Å²) >= 11 is 0. The minimum Gasteiger partial charge on any atom is -0.329 e. The third-order valence-electron chi connectivity index (χ3n) is 3.04. The average Bonchev–Trinajstić information content (AvgIpc) is 2.95. The van der Waals surface area contributed by atoms with Crippen molar-refractivity contribution in [2.24, 2.45) is 5.73 Å². The number of carbonyl (C=O) groups excluding carboxylic acids is 1. The van der Waals surface area contributed by atoms with Crippen molar-refractivity contribution in [2.75, 3.05) is 6.54 Å². The van der Waals surface area contributed by atoms with E-state index in [4.69, 9.17) is 5.73 Å². The topological polar surface area (TPSA) is 86.7 Å². The Kier molecular flexibility index (Phi) is 3.22. The summed E-state index contributed by atoms with van der Waals surface area (Å²) in [4.78, 5) is 16.6. The average molecular weight is 267 g/mol. The summed E-state index contributed by atoms with van der Waals surface area (Å²) in [5.41, 5.74) is 6.28. The molecule has 3 rings (SSSR count). The lowest BCUT2D eigenvalue weighted by Gasteiger charge is -2.02. The van der Waals surface area contributed by atoms with Crippen molar-refractivity contribution in [1.82, 2.24) is 20.0 Å². The van der Waals surface area contributed by atoms with Gasteiger partial charge in [-0.25, -0.2) is 0 Å². The predicted molar refractivity (Wildman–Crippen MR) is 74.3 cm³/mol. The van der Waals surface area contributed by atoms with Crippen molar-refractivity contribution in [3.63, 3.8) is 0 Å². The Morgan fingerprint density at radius 2 is 2.10 bits per heavy atom. The van der Waals surface area contributed by atoms with Crippen LogP contribution in [0.3, 0.4) is 0 Å². The van der Waals surface area contributed by atoms with Crippen LogP contribution in [0.15, 0.2) is 42.9 Å². The number of hydrogen-bond acceptors (Lipinski definition) is 5. The van der Waals surface area contributed by atoms with Crippen LogP contribution in [0.25, 0.3) is 10.8 Å². The van der Waals surface area contributed by atoms with E-state index in [9.17, 15) is 4.79 Å². The Bertz CT molecular complexity index is 760. The van der Waals surface area contributed by atoms with E-state index >= 15 is 0 Å². The molecule has 0 radical (unpaired) electrons. The summed E-state index contributed by atoms with van der Waals surface area (Å²) in [6, 6.07) is 7.62.